The van der Waals surface area contributed by atoms with E-state index in [0.717, 1.165) is 22.6 Å². The Morgan fingerprint density at radius 3 is 2.19 bits per heavy atom. The first kappa shape index (κ1) is 17.6. The van der Waals surface area contributed by atoms with Crippen LogP contribution in [0.15, 0.2) is 78.9 Å². The summed E-state index contributed by atoms with van der Waals surface area (Å²) >= 11 is 0. The second-order valence-electron chi connectivity index (χ2n) is 7.84. The van der Waals surface area contributed by atoms with Crippen LogP contribution in [0, 0.1) is 0 Å². The van der Waals surface area contributed by atoms with Crippen LogP contribution in [0.25, 0.3) is 0 Å². The molecule has 1 aliphatic rings. The Hall–Kier alpha value is -2.78. The van der Waals surface area contributed by atoms with Gasteiger partial charge in [-0.15, -0.1) is 5.06 Å². The Morgan fingerprint density at radius 1 is 0.815 bits per heavy atom. The molecule has 0 aliphatic carbocycles. The van der Waals surface area contributed by atoms with E-state index in [-0.39, 0.29) is 11.6 Å². The molecular formula is C24H25NO2. The molecule has 4 rings (SSSR count). The fourth-order valence-electron chi connectivity index (χ4n) is 3.47. The number of rotatable bonds is 4. The zero-order valence-corrected chi connectivity index (χ0v) is 16.1. The summed E-state index contributed by atoms with van der Waals surface area (Å²) in [7, 11) is 0. The van der Waals surface area contributed by atoms with Crippen molar-refractivity contribution in [2.45, 2.75) is 39.0 Å². The van der Waals surface area contributed by atoms with Gasteiger partial charge in [-0.3, -0.25) is 0 Å². The fraction of sp³-hybridized carbons (Fsp3) is 0.250. The number of hydroxylamine groups is 2. The quantitative estimate of drug-likeness (QED) is 0.591. The monoisotopic (exact) mass is 359 g/mol. The average Bonchev–Trinajstić information content (AvgIpc) is 3.07. The van der Waals surface area contributed by atoms with Crippen LogP contribution in [0.1, 0.15) is 43.5 Å². The summed E-state index contributed by atoms with van der Waals surface area (Å²) < 4.78 is 6.23. The molecule has 0 saturated heterocycles. The third-order valence-corrected chi connectivity index (χ3v) is 4.76. The SMILES string of the molecule is CC(C)(C)N1Oc2ccccc2C1c1ccccc1OCc1ccccc1. The predicted octanol–water partition coefficient (Wildman–Crippen LogP) is 5.76. The Labute approximate surface area is 161 Å². The van der Waals surface area contributed by atoms with Crippen molar-refractivity contribution in [1.82, 2.24) is 5.06 Å². The minimum absolute atomic E-state index is 0.00632. The van der Waals surface area contributed by atoms with Crippen LogP contribution in [0.4, 0.5) is 0 Å². The van der Waals surface area contributed by atoms with Crippen molar-refractivity contribution >= 4 is 0 Å². The molecule has 3 heteroatoms. The molecule has 0 aromatic heterocycles. The first-order chi connectivity index (χ1) is 13.0. The van der Waals surface area contributed by atoms with Crippen LogP contribution in [-0.4, -0.2) is 10.6 Å². The van der Waals surface area contributed by atoms with Crippen LogP contribution in [0.5, 0.6) is 11.5 Å². The lowest BCUT2D eigenvalue weighted by Gasteiger charge is -2.35. The largest absolute Gasteiger partial charge is 0.489 e. The lowest BCUT2D eigenvalue weighted by Crippen LogP contribution is -2.43. The third kappa shape index (κ3) is 3.56. The summed E-state index contributed by atoms with van der Waals surface area (Å²) in [6.07, 6.45) is 0. The predicted molar refractivity (Wildman–Crippen MR) is 108 cm³/mol. The van der Waals surface area contributed by atoms with Gasteiger partial charge in [0.1, 0.15) is 18.4 Å². The highest BCUT2D eigenvalue weighted by Crippen LogP contribution is 2.47. The smallest absolute Gasteiger partial charge is 0.152 e. The van der Waals surface area contributed by atoms with Crippen molar-refractivity contribution in [3.05, 3.63) is 95.6 Å². The van der Waals surface area contributed by atoms with Gasteiger partial charge in [0.05, 0.1) is 0 Å². The second-order valence-corrected chi connectivity index (χ2v) is 7.84. The molecule has 3 nitrogen and oxygen atoms in total. The van der Waals surface area contributed by atoms with Gasteiger partial charge in [-0.05, 0) is 38.5 Å². The maximum absolute atomic E-state index is 6.23. The van der Waals surface area contributed by atoms with Crippen molar-refractivity contribution in [2.75, 3.05) is 0 Å². The maximum atomic E-state index is 6.23. The number of fused-ring (bicyclic) bond motifs is 1. The molecule has 1 heterocycles. The summed E-state index contributed by atoms with van der Waals surface area (Å²) in [6.45, 7) is 7.04. The van der Waals surface area contributed by atoms with E-state index in [9.17, 15) is 0 Å². The number of benzene rings is 3. The Balaban J connectivity index is 1.71. The van der Waals surface area contributed by atoms with Gasteiger partial charge in [-0.1, -0.05) is 66.7 Å². The van der Waals surface area contributed by atoms with E-state index >= 15 is 0 Å². The number of hydrogen-bond acceptors (Lipinski definition) is 3. The average molecular weight is 359 g/mol. The lowest BCUT2D eigenvalue weighted by molar-refractivity contribution is -0.129. The second kappa shape index (κ2) is 7.09. The van der Waals surface area contributed by atoms with Crippen LogP contribution >= 0.6 is 0 Å². The maximum Gasteiger partial charge on any atom is 0.152 e. The molecular weight excluding hydrogens is 334 g/mol. The lowest BCUT2D eigenvalue weighted by atomic mass is 9.94. The minimum atomic E-state index is -0.157. The fourth-order valence-corrected chi connectivity index (χ4v) is 3.47. The molecule has 27 heavy (non-hydrogen) atoms. The molecule has 3 aromatic rings. The van der Waals surface area contributed by atoms with E-state index < -0.39 is 0 Å². The van der Waals surface area contributed by atoms with Crippen molar-refractivity contribution < 1.29 is 9.57 Å². The van der Waals surface area contributed by atoms with Gasteiger partial charge in [0.2, 0.25) is 0 Å². The van der Waals surface area contributed by atoms with Gasteiger partial charge in [0.25, 0.3) is 0 Å². The molecule has 1 atom stereocenters. The molecule has 0 saturated carbocycles. The molecule has 0 bridgehead atoms. The van der Waals surface area contributed by atoms with Crippen LogP contribution in [0.2, 0.25) is 0 Å². The van der Waals surface area contributed by atoms with Crippen molar-refractivity contribution in [3.63, 3.8) is 0 Å². The standard InChI is InChI=1S/C24H25NO2/c1-24(2,3)25-23(20-14-8-10-16-22(20)27-25)19-13-7-9-15-21(19)26-17-18-11-5-4-6-12-18/h4-16,23H,17H2,1-3H3. The normalized spacial score (nSPS) is 16.6. The molecule has 138 valence electrons. The Morgan fingerprint density at radius 2 is 1.44 bits per heavy atom. The van der Waals surface area contributed by atoms with Gasteiger partial charge in [0, 0.05) is 16.7 Å². The summed E-state index contributed by atoms with van der Waals surface area (Å²) in [5.74, 6) is 1.80. The van der Waals surface area contributed by atoms with Gasteiger partial charge in [-0.2, -0.15) is 0 Å². The zero-order valence-electron chi connectivity index (χ0n) is 16.1. The van der Waals surface area contributed by atoms with Gasteiger partial charge >= 0.3 is 0 Å². The van der Waals surface area contributed by atoms with Crippen LogP contribution in [0.3, 0.4) is 0 Å². The number of para-hydroxylation sites is 2. The van der Waals surface area contributed by atoms with Crippen molar-refractivity contribution in [3.8, 4) is 11.5 Å². The Kier molecular flexibility index (Phi) is 4.63. The van der Waals surface area contributed by atoms with Crippen molar-refractivity contribution in [1.29, 1.82) is 0 Å². The van der Waals surface area contributed by atoms with Crippen LogP contribution < -0.4 is 9.57 Å². The topological polar surface area (TPSA) is 21.7 Å². The van der Waals surface area contributed by atoms with E-state index in [1.807, 2.05) is 42.5 Å². The highest BCUT2D eigenvalue weighted by molar-refractivity contribution is 5.48. The molecule has 0 amide bonds. The zero-order chi connectivity index (χ0) is 18.9. The molecule has 1 aliphatic heterocycles. The van der Waals surface area contributed by atoms with E-state index in [0.29, 0.717) is 6.61 Å². The molecule has 0 radical (unpaired) electrons. The van der Waals surface area contributed by atoms with E-state index in [4.69, 9.17) is 9.57 Å². The van der Waals surface area contributed by atoms with E-state index in [1.54, 1.807) is 0 Å². The van der Waals surface area contributed by atoms with Gasteiger partial charge in [0.15, 0.2) is 5.75 Å². The molecule has 1 unspecified atom stereocenters. The summed E-state index contributed by atoms with van der Waals surface area (Å²) in [4.78, 5) is 6.23. The highest BCUT2D eigenvalue weighted by Gasteiger charge is 2.41. The van der Waals surface area contributed by atoms with Gasteiger partial charge in [-0.25, -0.2) is 0 Å². The summed E-state index contributed by atoms with van der Waals surface area (Å²) in [5, 5.41) is 2.07. The third-order valence-electron chi connectivity index (χ3n) is 4.76. The molecule has 0 fully saturated rings. The molecule has 0 N–H and O–H groups in total. The number of nitrogens with zero attached hydrogens (tertiary/aromatic N) is 1. The van der Waals surface area contributed by atoms with Crippen molar-refractivity contribution in [2.24, 2.45) is 0 Å². The van der Waals surface area contributed by atoms with Crippen LogP contribution in [-0.2, 0) is 6.61 Å². The molecule has 0 spiro atoms. The minimum Gasteiger partial charge on any atom is -0.489 e. The summed E-state index contributed by atoms with van der Waals surface area (Å²) in [6, 6.07) is 26.7. The summed E-state index contributed by atoms with van der Waals surface area (Å²) in [5.41, 5.74) is 3.29. The number of hydrogen-bond donors (Lipinski definition) is 0. The van der Waals surface area contributed by atoms with E-state index in [2.05, 4.69) is 62.2 Å². The first-order valence-corrected chi connectivity index (χ1v) is 9.36. The van der Waals surface area contributed by atoms with Gasteiger partial charge < -0.3 is 9.57 Å². The first-order valence-electron chi connectivity index (χ1n) is 9.36. The van der Waals surface area contributed by atoms with E-state index in [1.165, 1.54) is 5.56 Å². The Bertz CT molecular complexity index is 915. The number of ether oxygens (including phenoxy) is 1. The molecule has 3 aromatic carbocycles. The highest BCUT2D eigenvalue weighted by atomic mass is 16.7.